The van der Waals surface area contributed by atoms with Gasteiger partial charge < -0.3 is 0 Å². The lowest BCUT2D eigenvalue weighted by atomic mass is 9.81. The van der Waals surface area contributed by atoms with Crippen LogP contribution in [0, 0.1) is 11.8 Å². The first-order chi connectivity index (χ1) is 4.98. The predicted molar refractivity (Wildman–Crippen MR) is 56.3 cm³/mol. The molecule has 0 radical (unpaired) electrons. The van der Waals surface area contributed by atoms with Gasteiger partial charge in [0.1, 0.15) is 0 Å². The minimum absolute atomic E-state index is 0.258. The zero-order chi connectivity index (χ0) is 9.07. The fraction of sp³-hybridized carbons (Fsp3) is 1.00. The zero-order valence-corrected chi connectivity index (χ0v) is 9.41. The summed E-state index contributed by atoms with van der Waals surface area (Å²) in [7, 11) is 0. The summed E-state index contributed by atoms with van der Waals surface area (Å²) in [5.74, 6) is 1.45. The van der Waals surface area contributed by atoms with Gasteiger partial charge in [0, 0.05) is 4.75 Å². The first kappa shape index (κ1) is 11.4. The lowest BCUT2D eigenvalue weighted by Gasteiger charge is -2.35. The molecule has 1 unspecified atom stereocenters. The van der Waals surface area contributed by atoms with Crippen LogP contribution in [0.4, 0.5) is 0 Å². The maximum absolute atomic E-state index is 4.75. The van der Waals surface area contributed by atoms with Crippen LogP contribution in [-0.2, 0) is 0 Å². The molecule has 0 aliphatic carbocycles. The summed E-state index contributed by atoms with van der Waals surface area (Å²) in [5.41, 5.74) is 0. The van der Waals surface area contributed by atoms with Crippen LogP contribution < -0.4 is 0 Å². The molecule has 0 saturated carbocycles. The summed E-state index contributed by atoms with van der Waals surface area (Å²) in [4.78, 5) is 0. The second-order valence-electron chi connectivity index (χ2n) is 3.84. The molecular weight excluding hydrogens is 152 g/mol. The topological polar surface area (TPSA) is 0 Å². The standard InChI is InChI=1S/C10H22S/c1-6-10(11,7-2)9(5)8(3)4/h8-9,11H,6-7H2,1-5H3. The minimum atomic E-state index is 0.258. The second kappa shape index (κ2) is 4.39. The van der Waals surface area contributed by atoms with Crippen molar-refractivity contribution in [3.63, 3.8) is 0 Å². The summed E-state index contributed by atoms with van der Waals surface area (Å²) in [6.45, 7) is 11.3. The third-order valence-electron chi connectivity index (χ3n) is 3.07. The van der Waals surface area contributed by atoms with Gasteiger partial charge in [-0.1, -0.05) is 34.6 Å². The third kappa shape index (κ3) is 2.70. The van der Waals surface area contributed by atoms with Crippen molar-refractivity contribution in [1.82, 2.24) is 0 Å². The van der Waals surface area contributed by atoms with E-state index in [2.05, 4.69) is 34.6 Å². The van der Waals surface area contributed by atoms with E-state index in [1.54, 1.807) is 0 Å². The molecule has 0 aromatic carbocycles. The maximum atomic E-state index is 4.75. The smallest absolute Gasteiger partial charge is 0.0152 e. The average Bonchev–Trinajstić information content (AvgIpc) is 2.01. The van der Waals surface area contributed by atoms with Crippen LogP contribution in [0.15, 0.2) is 0 Å². The van der Waals surface area contributed by atoms with Gasteiger partial charge in [-0.2, -0.15) is 12.6 Å². The molecule has 1 atom stereocenters. The molecule has 0 bridgehead atoms. The summed E-state index contributed by atoms with van der Waals surface area (Å²) < 4.78 is 0.258. The van der Waals surface area contributed by atoms with Crippen LogP contribution in [0.25, 0.3) is 0 Å². The van der Waals surface area contributed by atoms with Crippen molar-refractivity contribution in [2.75, 3.05) is 0 Å². The van der Waals surface area contributed by atoms with E-state index in [1.807, 2.05) is 0 Å². The van der Waals surface area contributed by atoms with Crippen LogP contribution in [0.2, 0.25) is 0 Å². The Kier molecular flexibility index (Phi) is 4.53. The number of hydrogen-bond donors (Lipinski definition) is 1. The Bertz CT molecular complexity index is 103. The molecule has 0 aliphatic heterocycles. The Morgan fingerprint density at radius 2 is 1.45 bits per heavy atom. The highest BCUT2D eigenvalue weighted by molar-refractivity contribution is 7.81. The molecule has 0 fully saturated rings. The van der Waals surface area contributed by atoms with Gasteiger partial charge in [-0.05, 0) is 24.7 Å². The van der Waals surface area contributed by atoms with E-state index in [4.69, 9.17) is 12.6 Å². The average molecular weight is 174 g/mol. The summed E-state index contributed by atoms with van der Waals surface area (Å²) in [5, 5.41) is 0. The van der Waals surface area contributed by atoms with Gasteiger partial charge in [0.25, 0.3) is 0 Å². The molecule has 0 aliphatic rings. The molecule has 11 heavy (non-hydrogen) atoms. The van der Waals surface area contributed by atoms with Crippen molar-refractivity contribution in [3.8, 4) is 0 Å². The molecule has 0 nitrogen and oxygen atoms in total. The zero-order valence-electron chi connectivity index (χ0n) is 8.52. The van der Waals surface area contributed by atoms with E-state index in [-0.39, 0.29) is 4.75 Å². The molecule has 1 heteroatoms. The molecule has 0 amide bonds. The van der Waals surface area contributed by atoms with Crippen molar-refractivity contribution in [1.29, 1.82) is 0 Å². The predicted octanol–water partition coefficient (Wildman–Crippen LogP) is 3.77. The van der Waals surface area contributed by atoms with Crippen LogP contribution in [0.3, 0.4) is 0 Å². The fourth-order valence-electron chi connectivity index (χ4n) is 1.51. The first-order valence-corrected chi connectivity index (χ1v) is 5.15. The Labute approximate surface area is 77.2 Å². The van der Waals surface area contributed by atoms with Crippen molar-refractivity contribution in [2.24, 2.45) is 11.8 Å². The number of hydrogen-bond acceptors (Lipinski definition) is 1. The van der Waals surface area contributed by atoms with Crippen molar-refractivity contribution in [3.05, 3.63) is 0 Å². The van der Waals surface area contributed by atoms with E-state index < -0.39 is 0 Å². The van der Waals surface area contributed by atoms with E-state index in [1.165, 1.54) is 12.8 Å². The molecule has 0 aromatic heterocycles. The Hall–Kier alpha value is 0.350. The van der Waals surface area contributed by atoms with Gasteiger partial charge in [0.15, 0.2) is 0 Å². The Morgan fingerprint density at radius 1 is 1.09 bits per heavy atom. The highest BCUT2D eigenvalue weighted by Gasteiger charge is 2.30. The summed E-state index contributed by atoms with van der Waals surface area (Å²) in [6.07, 6.45) is 2.35. The quantitative estimate of drug-likeness (QED) is 0.616. The van der Waals surface area contributed by atoms with Gasteiger partial charge in [-0.15, -0.1) is 0 Å². The molecule has 68 valence electrons. The Morgan fingerprint density at radius 3 is 1.55 bits per heavy atom. The van der Waals surface area contributed by atoms with Crippen molar-refractivity contribution in [2.45, 2.75) is 52.2 Å². The highest BCUT2D eigenvalue weighted by atomic mass is 32.1. The van der Waals surface area contributed by atoms with E-state index in [9.17, 15) is 0 Å². The summed E-state index contributed by atoms with van der Waals surface area (Å²) >= 11 is 4.75. The number of thiol groups is 1. The minimum Gasteiger partial charge on any atom is -0.172 e. The largest absolute Gasteiger partial charge is 0.172 e. The molecule has 0 heterocycles. The number of rotatable bonds is 4. The Balaban J connectivity index is 4.24. The van der Waals surface area contributed by atoms with E-state index in [0.717, 1.165) is 5.92 Å². The maximum Gasteiger partial charge on any atom is 0.0152 e. The van der Waals surface area contributed by atoms with Crippen molar-refractivity contribution >= 4 is 12.6 Å². The summed E-state index contributed by atoms with van der Waals surface area (Å²) in [6, 6.07) is 0. The van der Waals surface area contributed by atoms with Gasteiger partial charge in [-0.3, -0.25) is 0 Å². The van der Waals surface area contributed by atoms with Gasteiger partial charge in [0.2, 0.25) is 0 Å². The van der Waals surface area contributed by atoms with E-state index >= 15 is 0 Å². The fourth-order valence-corrected chi connectivity index (χ4v) is 1.81. The monoisotopic (exact) mass is 174 g/mol. The second-order valence-corrected chi connectivity index (χ2v) is 4.73. The van der Waals surface area contributed by atoms with Gasteiger partial charge >= 0.3 is 0 Å². The molecule has 0 N–H and O–H groups in total. The molecule has 0 aromatic rings. The normalized spacial score (nSPS) is 15.5. The molecule has 0 rings (SSSR count). The molecule has 0 spiro atoms. The third-order valence-corrected chi connectivity index (χ3v) is 4.11. The van der Waals surface area contributed by atoms with Crippen LogP contribution in [-0.4, -0.2) is 4.75 Å². The molecular formula is C10H22S. The van der Waals surface area contributed by atoms with Gasteiger partial charge in [-0.25, -0.2) is 0 Å². The lowest BCUT2D eigenvalue weighted by molar-refractivity contribution is 0.299. The van der Waals surface area contributed by atoms with E-state index in [0.29, 0.717) is 5.92 Å². The first-order valence-electron chi connectivity index (χ1n) is 4.70. The van der Waals surface area contributed by atoms with Crippen molar-refractivity contribution < 1.29 is 0 Å². The lowest BCUT2D eigenvalue weighted by Crippen LogP contribution is -2.32. The van der Waals surface area contributed by atoms with Crippen LogP contribution in [0.1, 0.15) is 47.5 Å². The van der Waals surface area contributed by atoms with Crippen LogP contribution >= 0.6 is 12.6 Å². The SMILES string of the molecule is CCC(S)(CC)C(C)C(C)C. The van der Waals surface area contributed by atoms with Gasteiger partial charge in [0.05, 0.1) is 0 Å². The highest BCUT2D eigenvalue weighted by Crippen LogP contribution is 2.36. The van der Waals surface area contributed by atoms with Crippen LogP contribution in [0.5, 0.6) is 0 Å². The molecule has 0 saturated heterocycles.